The van der Waals surface area contributed by atoms with Crippen LogP contribution in [0.3, 0.4) is 0 Å². The SMILES string of the molecule is CC1=NC2=C(C(=O)CCC2)[C@H](c2ccncc2)C1C(=O)OC(C)C. The number of aliphatic imine (C=N–C) groups is 1. The number of Topliss-reactive ketones (excluding diaryl/α,β-unsaturated/α-hetero) is 1. The Bertz CT molecular complexity index is 719. The lowest BCUT2D eigenvalue weighted by Gasteiger charge is -2.34. The van der Waals surface area contributed by atoms with E-state index in [1.165, 1.54) is 0 Å². The van der Waals surface area contributed by atoms with Gasteiger partial charge in [0.2, 0.25) is 0 Å². The lowest BCUT2D eigenvalue weighted by atomic mass is 9.72. The fourth-order valence-corrected chi connectivity index (χ4v) is 3.55. The quantitative estimate of drug-likeness (QED) is 0.800. The highest BCUT2D eigenvalue weighted by atomic mass is 16.5. The standard InChI is InChI=1S/C19H22N2O3/c1-11(2)24-19(23)16-12(3)21-14-5-4-6-15(22)18(14)17(16)13-7-9-20-10-8-13/h7-11,16-17H,4-6H2,1-3H3/t16?,17-/m1/s1. The molecule has 3 rings (SSSR count). The van der Waals surface area contributed by atoms with Crippen molar-refractivity contribution in [1.29, 1.82) is 0 Å². The van der Waals surface area contributed by atoms with Crippen molar-refractivity contribution in [3.05, 3.63) is 41.4 Å². The zero-order chi connectivity index (χ0) is 17.3. The van der Waals surface area contributed by atoms with Gasteiger partial charge in [-0.25, -0.2) is 0 Å². The molecule has 0 radical (unpaired) electrons. The molecule has 5 nitrogen and oxygen atoms in total. The maximum atomic E-state index is 12.7. The number of nitrogens with zero attached hydrogens (tertiary/aromatic N) is 2. The number of aromatic nitrogens is 1. The Morgan fingerprint density at radius 2 is 1.96 bits per heavy atom. The van der Waals surface area contributed by atoms with E-state index in [-0.39, 0.29) is 23.8 Å². The van der Waals surface area contributed by atoms with Gasteiger partial charge in [-0.05, 0) is 51.3 Å². The lowest BCUT2D eigenvalue weighted by molar-refractivity contribution is -0.150. The van der Waals surface area contributed by atoms with Crippen LogP contribution in [0.2, 0.25) is 0 Å². The highest BCUT2D eigenvalue weighted by molar-refractivity contribution is 6.08. The second-order valence-electron chi connectivity index (χ2n) is 6.61. The molecule has 2 heterocycles. The van der Waals surface area contributed by atoms with Crippen LogP contribution >= 0.6 is 0 Å². The van der Waals surface area contributed by atoms with Gasteiger partial charge in [-0.15, -0.1) is 0 Å². The van der Waals surface area contributed by atoms with Crippen molar-refractivity contribution in [2.24, 2.45) is 10.9 Å². The Kier molecular flexibility index (Phi) is 4.60. The second-order valence-corrected chi connectivity index (χ2v) is 6.61. The molecule has 1 aromatic heterocycles. The molecule has 1 aromatic rings. The molecule has 0 spiro atoms. The summed E-state index contributed by atoms with van der Waals surface area (Å²) in [6.45, 7) is 5.50. The molecule has 1 aliphatic carbocycles. The van der Waals surface area contributed by atoms with E-state index in [2.05, 4.69) is 9.98 Å². The average molecular weight is 326 g/mol. The molecule has 2 atom stereocenters. The summed E-state index contributed by atoms with van der Waals surface area (Å²) < 4.78 is 5.46. The van der Waals surface area contributed by atoms with Crippen LogP contribution < -0.4 is 0 Å². The molecule has 1 aliphatic heterocycles. The smallest absolute Gasteiger partial charge is 0.315 e. The fourth-order valence-electron chi connectivity index (χ4n) is 3.55. The number of carbonyl (C=O) groups is 2. The van der Waals surface area contributed by atoms with Crippen molar-refractivity contribution in [1.82, 2.24) is 4.98 Å². The first-order valence-electron chi connectivity index (χ1n) is 8.41. The molecular weight excluding hydrogens is 304 g/mol. The molecular formula is C19H22N2O3. The Hall–Kier alpha value is -2.30. The number of ketones is 1. The number of pyridine rings is 1. The maximum Gasteiger partial charge on any atom is 0.315 e. The van der Waals surface area contributed by atoms with Gasteiger partial charge in [0.15, 0.2) is 5.78 Å². The van der Waals surface area contributed by atoms with Gasteiger partial charge >= 0.3 is 5.97 Å². The van der Waals surface area contributed by atoms with Crippen LogP contribution in [-0.4, -0.2) is 28.6 Å². The van der Waals surface area contributed by atoms with E-state index >= 15 is 0 Å². The third-order valence-corrected chi connectivity index (χ3v) is 4.51. The van der Waals surface area contributed by atoms with E-state index in [0.29, 0.717) is 12.0 Å². The predicted octanol–water partition coefficient (Wildman–Crippen LogP) is 3.21. The number of hydrogen-bond acceptors (Lipinski definition) is 5. The first-order valence-corrected chi connectivity index (χ1v) is 8.41. The number of carbonyl (C=O) groups excluding carboxylic acids is 2. The Labute approximate surface area is 141 Å². The summed E-state index contributed by atoms with van der Waals surface area (Å²) in [5.41, 5.74) is 3.14. The van der Waals surface area contributed by atoms with Crippen LogP contribution in [0.25, 0.3) is 0 Å². The molecule has 0 N–H and O–H groups in total. The van der Waals surface area contributed by atoms with E-state index < -0.39 is 5.92 Å². The van der Waals surface area contributed by atoms with Gasteiger partial charge in [-0.2, -0.15) is 0 Å². The second kappa shape index (κ2) is 6.67. The van der Waals surface area contributed by atoms with Crippen LogP contribution in [0.5, 0.6) is 0 Å². The van der Waals surface area contributed by atoms with Gasteiger partial charge in [0, 0.05) is 41.7 Å². The van der Waals surface area contributed by atoms with Gasteiger partial charge in [-0.1, -0.05) is 0 Å². The number of ether oxygens (including phenoxy) is 1. The monoisotopic (exact) mass is 326 g/mol. The molecule has 0 bridgehead atoms. The van der Waals surface area contributed by atoms with Crippen molar-refractivity contribution in [2.45, 2.75) is 52.1 Å². The first-order chi connectivity index (χ1) is 11.5. The number of allylic oxidation sites excluding steroid dienone is 2. The minimum atomic E-state index is -0.560. The summed E-state index contributed by atoms with van der Waals surface area (Å²) in [4.78, 5) is 34.0. The average Bonchev–Trinajstić information content (AvgIpc) is 2.53. The van der Waals surface area contributed by atoms with Gasteiger partial charge in [0.25, 0.3) is 0 Å². The molecule has 2 aliphatic rings. The number of hydrogen-bond donors (Lipinski definition) is 0. The summed E-state index contributed by atoms with van der Waals surface area (Å²) >= 11 is 0. The van der Waals surface area contributed by atoms with E-state index in [1.807, 2.05) is 32.9 Å². The maximum absolute atomic E-state index is 12.7. The zero-order valence-electron chi connectivity index (χ0n) is 14.3. The minimum absolute atomic E-state index is 0.0941. The lowest BCUT2D eigenvalue weighted by Crippen LogP contribution is -2.38. The van der Waals surface area contributed by atoms with Gasteiger partial charge in [0.1, 0.15) is 5.92 Å². The van der Waals surface area contributed by atoms with Gasteiger partial charge in [0.05, 0.1) is 6.10 Å². The molecule has 0 amide bonds. The van der Waals surface area contributed by atoms with Gasteiger partial charge < -0.3 is 4.74 Å². The Morgan fingerprint density at radius 3 is 2.62 bits per heavy atom. The van der Waals surface area contributed by atoms with E-state index in [1.54, 1.807) is 12.4 Å². The molecule has 5 heteroatoms. The fraction of sp³-hybridized carbons (Fsp3) is 0.474. The van der Waals surface area contributed by atoms with Crippen molar-refractivity contribution >= 4 is 17.5 Å². The molecule has 1 unspecified atom stereocenters. The minimum Gasteiger partial charge on any atom is -0.462 e. The van der Waals surface area contributed by atoms with Crippen LogP contribution in [0.1, 0.15) is 51.5 Å². The van der Waals surface area contributed by atoms with Gasteiger partial charge in [-0.3, -0.25) is 19.6 Å². The third kappa shape index (κ3) is 3.03. The van der Waals surface area contributed by atoms with Crippen LogP contribution in [0, 0.1) is 5.92 Å². The normalized spacial score (nSPS) is 23.8. The Balaban J connectivity index is 2.11. The molecule has 126 valence electrons. The zero-order valence-corrected chi connectivity index (χ0v) is 14.3. The summed E-state index contributed by atoms with van der Waals surface area (Å²) in [5, 5.41) is 0. The molecule has 0 saturated heterocycles. The van der Waals surface area contributed by atoms with E-state index in [4.69, 9.17) is 4.74 Å². The van der Waals surface area contributed by atoms with E-state index in [0.717, 1.165) is 29.8 Å². The summed E-state index contributed by atoms with van der Waals surface area (Å²) in [6, 6.07) is 3.73. The highest BCUT2D eigenvalue weighted by Crippen LogP contribution is 2.43. The highest BCUT2D eigenvalue weighted by Gasteiger charge is 2.43. The Morgan fingerprint density at radius 1 is 1.25 bits per heavy atom. The topological polar surface area (TPSA) is 68.6 Å². The molecule has 0 fully saturated rings. The number of rotatable bonds is 3. The van der Waals surface area contributed by atoms with Crippen LogP contribution in [-0.2, 0) is 14.3 Å². The molecule has 0 saturated carbocycles. The van der Waals surface area contributed by atoms with Crippen LogP contribution in [0.4, 0.5) is 0 Å². The van der Waals surface area contributed by atoms with Crippen molar-refractivity contribution < 1.29 is 14.3 Å². The van der Waals surface area contributed by atoms with Crippen molar-refractivity contribution in [3.8, 4) is 0 Å². The van der Waals surface area contributed by atoms with Crippen LogP contribution in [0.15, 0.2) is 40.8 Å². The molecule has 24 heavy (non-hydrogen) atoms. The first kappa shape index (κ1) is 16.6. The predicted molar refractivity (Wildman–Crippen MR) is 90.7 cm³/mol. The number of esters is 1. The summed E-state index contributed by atoms with van der Waals surface area (Å²) in [6.07, 6.45) is 5.29. The third-order valence-electron chi connectivity index (χ3n) is 4.51. The summed E-state index contributed by atoms with van der Waals surface area (Å²) in [5.74, 6) is -1.12. The summed E-state index contributed by atoms with van der Waals surface area (Å²) in [7, 11) is 0. The van der Waals surface area contributed by atoms with Crippen molar-refractivity contribution in [3.63, 3.8) is 0 Å². The molecule has 0 aromatic carbocycles. The van der Waals surface area contributed by atoms with Crippen molar-refractivity contribution in [2.75, 3.05) is 0 Å². The van der Waals surface area contributed by atoms with E-state index in [9.17, 15) is 9.59 Å². The largest absolute Gasteiger partial charge is 0.462 e.